The molecule has 0 unspecified atom stereocenters. The largest absolute Gasteiger partial charge is 0.452 e. The van der Waals surface area contributed by atoms with E-state index < -0.39 is 23.6 Å². The molecule has 0 aromatic heterocycles. The van der Waals surface area contributed by atoms with Crippen molar-refractivity contribution in [2.75, 3.05) is 18.4 Å². The molecule has 2 amide bonds. The van der Waals surface area contributed by atoms with Gasteiger partial charge >= 0.3 is 12.1 Å². The number of anilines is 1. The number of aryl methyl sites for hydroxylation is 1. The Morgan fingerprint density at radius 1 is 1.21 bits per heavy atom. The molecule has 1 heterocycles. The first-order chi connectivity index (χ1) is 13.5. The minimum Gasteiger partial charge on any atom is -0.452 e. The number of benzene rings is 1. The highest BCUT2D eigenvalue weighted by Crippen LogP contribution is 2.23. The number of carbonyl (C=O) groups is 3. The summed E-state index contributed by atoms with van der Waals surface area (Å²) in [6.45, 7) is 9.64. The molecule has 0 aliphatic carbocycles. The maximum atomic E-state index is 12.4. The van der Waals surface area contributed by atoms with Crippen LogP contribution in [-0.2, 0) is 19.1 Å². The van der Waals surface area contributed by atoms with Crippen LogP contribution in [0, 0.1) is 12.8 Å². The van der Waals surface area contributed by atoms with Gasteiger partial charge in [0.1, 0.15) is 5.60 Å². The predicted octanol–water partition coefficient (Wildman–Crippen LogP) is 4.17. The Morgan fingerprint density at radius 2 is 1.83 bits per heavy atom. The summed E-state index contributed by atoms with van der Waals surface area (Å²) in [6.07, 6.45) is -0.377. The molecule has 8 heteroatoms. The van der Waals surface area contributed by atoms with E-state index in [-0.39, 0.29) is 12.0 Å². The van der Waals surface area contributed by atoms with Crippen LogP contribution in [0.5, 0.6) is 0 Å². The van der Waals surface area contributed by atoms with Crippen LogP contribution in [0.1, 0.15) is 46.1 Å². The third kappa shape index (κ3) is 6.92. The highest BCUT2D eigenvalue weighted by Gasteiger charge is 2.32. The molecule has 0 spiro atoms. The molecule has 1 aromatic carbocycles. The normalized spacial score (nSPS) is 16.1. The lowest BCUT2D eigenvalue weighted by Crippen LogP contribution is -2.43. The van der Waals surface area contributed by atoms with Gasteiger partial charge in [-0.25, -0.2) is 4.79 Å². The van der Waals surface area contributed by atoms with Gasteiger partial charge in [0.15, 0.2) is 6.10 Å². The fourth-order valence-corrected chi connectivity index (χ4v) is 3.08. The Hall–Kier alpha value is -2.28. The number of amides is 2. The van der Waals surface area contributed by atoms with Crippen molar-refractivity contribution in [1.82, 2.24) is 4.90 Å². The summed E-state index contributed by atoms with van der Waals surface area (Å²) in [5.74, 6) is -1.20. The van der Waals surface area contributed by atoms with Gasteiger partial charge < -0.3 is 19.7 Å². The van der Waals surface area contributed by atoms with E-state index in [0.717, 1.165) is 5.56 Å². The monoisotopic (exact) mass is 424 g/mol. The van der Waals surface area contributed by atoms with E-state index in [0.29, 0.717) is 36.6 Å². The van der Waals surface area contributed by atoms with Crippen molar-refractivity contribution in [2.45, 2.75) is 59.2 Å². The van der Waals surface area contributed by atoms with Gasteiger partial charge in [-0.1, -0.05) is 17.7 Å². The predicted molar refractivity (Wildman–Crippen MR) is 111 cm³/mol. The van der Waals surface area contributed by atoms with Crippen LogP contribution in [0.25, 0.3) is 0 Å². The van der Waals surface area contributed by atoms with E-state index in [9.17, 15) is 14.4 Å². The molecule has 0 bridgehead atoms. The minimum absolute atomic E-state index is 0.350. The van der Waals surface area contributed by atoms with Crippen LogP contribution in [-0.4, -0.2) is 47.7 Å². The van der Waals surface area contributed by atoms with Crippen molar-refractivity contribution in [3.8, 4) is 0 Å². The maximum absolute atomic E-state index is 12.4. The number of ether oxygens (including phenoxy) is 2. The summed E-state index contributed by atoms with van der Waals surface area (Å²) in [5.41, 5.74) is 0.878. The lowest BCUT2D eigenvalue weighted by Gasteiger charge is -2.32. The van der Waals surface area contributed by atoms with E-state index in [4.69, 9.17) is 21.1 Å². The number of halogens is 1. The second-order valence-electron chi connectivity index (χ2n) is 8.27. The first-order valence-electron chi connectivity index (χ1n) is 9.71. The molecule has 0 radical (unpaired) electrons. The molecule has 1 fully saturated rings. The van der Waals surface area contributed by atoms with Gasteiger partial charge in [0, 0.05) is 23.8 Å². The van der Waals surface area contributed by atoms with Gasteiger partial charge in [-0.2, -0.15) is 0 Å². The molecule has 1 aromatic rings. The second-order valence-corrected chi connectivity index (χ2v) is 8.71. The SMILES string of the molecule is Cc1ccc(Cl)cc1NC(=O)[C@@H](C)OC(=O)C1CCN(C(=O)OC(C)(C)C)CC1. The minimum atomic E-state index is -0.940. The molecular weight excluding hydrogens is 396 g/mol. The molecule has 160 valence electrons. The van der Waals surface area contributed by atoms with Crippen LogP contribution in [0.2, 0.25) is 5.02 Å². The lowest BCUT2D eigenvalue weighted by molar-refractivity contribution is -0.158. The number of hydrogen-bond acceptors (Lipinski definition) is 5. The van der Waals surface area contributed by atoms with Gasteiger partial charge in [-0.3, -0.25) is 9.59 Å². The smallest absolute Gasteiger partial charge is 0.410 e. The second kappa shape index (κ2) is 9.48. The Bertz CT molecular complexity index is 767. The fraction of sp³-hybridized carbons (Fsp3) is 0.571. The average Bonchev–Trinajstić information content (AvgIpc) is 2.63. The van der Waals surface area contributed by atoms with Crippen LogP contribution < -0.4 is 5.32 Å². The molecule has 1 aliphatic rings. The molecule has 0 saturated carbocycles. The molecule has 2 rings (SSSR count). The first kappa shape index (κ1) is 23.0. The average molecular weight is 425 g/mol. The van der Waals surface area contributed by atoms with Crippen molar-refractivity contribution in [3.63, 3.8) is 0 Å². The fourth-order valence-electron chi connectivity index (χ4n) is 2.91. The molecule has 1 atom stereocenters. The van der Waals surface area contributed by atoms with Gasteiger partial charge in [0.2, 0.25) is 0 Å². The summed E-state index contributed by atoms with van der Waals surface area (Å²) in [4.78, 5) is 38.5. The Morgan fingerprint density at radius 3 is 2.41 bits per heavy atom. The third-order valence-electron chi connectivity index (χ3n) is 4.60. The van der Waals surface area contributed by atoms with Gasteiger partial charge in [-0.15, -0.1) is 0 Å². The summed E-state index contributed by atoms with van der Waals surface area (Å²) in [6, 6.07) is 5.18. The maximum Gasteiger partial charge on any atom is 0.410 e. The zero-order valence-corrected chi connectivity index (χ0v) is 18.3. The van der Waals surface area contributed by atoms with Gasteiger partial charge in [-0.05, 0) is 65.2 Å². The molecule has 1 aliphatic heterocycles. The molecular formula is C21H29ClN2O5. The third-order valence-corrected chi connectivity index (χ3v) is 4.83. The van der Waals surface area contributed by atoms with E-state index in [1.165, 1.54) is 6.92 Å². The van der Waals surface area contributed by atoms with Gasteiger partial charge in [0.05, 0.1) is 5.92 Å². The molecule has 1 N–H and O–H groups in total. The summed E-state index contributed by atoms with van der Waals surface area (Å²) in [5, 5.41) is 3.24. The number of nitrogens with one attached hydrogen (secondary N) is 1. The van der Waals surface area contributed by atoms with Gasteiger partial charge in [0.25, 0.3) is 5.91 Å². The molecule has 1 saturated heterocycles. The number of hydrogen-bond donors (Lipinski definition) is 1. The number of piperidine rings is 1. The molecule has 29 heavy (non-hydrogen) atoms. The number of rotatable bonds is 4. The van der Waals surface area contributed by atoms with Crippen LogP contribution in [0.15, 0.2) is 18.2 Å². The summed E-state index contributed by atoms with van der Waals surface area (Å²) < 4.78 is 10.7. The van der Waals surface area contributed by atoms with Crippen molar-refractivity contribution in [2.24, 2.45) is 5.92 Å². The Labute approximate surface area is 176 Å². The molecule has 7 nitrogen and oxygen atoms in total. The highest BCUT2D eigenvalue weighted by molar-refractivity contribution is 6.31. The number of esters is 1. The Balaban J connectivity index is 1.83. The van der Waals surface area contributed by atoms with Crippen LogP contribution in [0.4, 0.5) is 10.5 Å². The first-order valence-corrected chi connectivity index (χ1v) is 10.1. The van der Waals surface area contributed by atoms with Crippen molar-refractivity contribution >= 4 is 35.3 Å². The summed E-state index contributed by atoms with van der Waals surface area (Å²) in [7, 11) is 0. The zero-order valence-electron chi connectivity index (χ0n) is 17.6. The van der Waals surface area contributed by atoms with Crippen LogP contribution >= 0.6 is 11.6 Å². The van der Waals surface area contributed by atoms with E-state index >= 15 is 0 Å². The van der Waals surface area contributed by atoms with Crippen LogP contribution in [0.3, 0.4) is 0 Å². The topological polar surface area (TPSA) is 84.9 Å². The Kier molecular flexibility index (Phi) is 7.52. The quantitative estimate of drug-likeness (QED) is 0.733. The number of nitrogens with zero attached hydrogens (tertiary/aromatic N) is 1. The number of likely N-dealkylation sites (tertiary alicyclic amines) is 1. The standard InChI is InChI=1S/C21H29ClN2O5/c1-13-6-7-16(22)12-17(13)23-18(25)14(2)28-19(26)15-8-10-24(11-9-15)20(27)29-21(3,4)5/h6-7,12,14-15H,8-11H2,1-5H3,(H,23,25)/t14-/m1/s1. The van der Waals surface area contributed by atoms with Crippen molar-refractivity contribution < 1.29 is 23.9 Å². The lowest BCUT2D eigenvalue weighted by atomic mass is 9.97. The van der Waals surface area contributed by atoms with E-state index in [2.05, 4.69) is 5.32 Å². The zero-order chi connectivity index (χ0) is 21.8. The number of carbonyl (C=O) groups excluding carboxylic acids is 3. The van der Waals surface area contributed by atoms with E-state index in [1.54, 1.807) is 23.1 Å². The summed E-state index contributed by atoms with van der Waals surface area (Å²) >= 11 is 5.96. The van der Waals surface area contributed by atoms with Crippen molar-refractivity contribution in [3.05, 3.63) is 28.8 Å². The van der Waals surface area contributed by atoms with Crippen molar-refractivity contribution in [1.29, 1.82) is 0 Å². The van der Waals surface area contributed by atoms with E-state index in [1.807, 2.05) is 27.7 Å². The highest BCUT2D eigenvalue weighted by atomic mass is 35.5.